The van der Waals surface area contributed by atoms with Crippen LogP contribution < -0.4 is 0 Å². The Labute approximate surface area is 117 Å². The van der Waals surface area contributed by atoms with Gasteiger partial charge in [0.2, 0.25) is 0 Å². The van der Waals surface area contributed by atoms with Crippen molar-refractivity contribution in [3.8, 4) is 0 Å². The van der Waals surface area contributed by atoms with E-state index in [4.69, 9.17) is 11.6 Å². The molecule has 0 aliphatic heterocycles. The minimum Gasteiger partial charge on any atom is -0.118 e. The van der Waals surface area contributed by atoms with Gasteiger partial charge in [-0.15, -0.1) is 11.6 Å². The fourth-order valence-corrected chi connectivity index (χ4v) is 3.95. The summed E-state index contributed by atoms with van der Waals surface area (Å²) in [5, 5.41) is 0.201. The van der Waals surface area contributed by atoms with Crippen LogP contribution in [-0.4, -0.2) is 0 Å². The van der Waals surface area contributed by atoms with Crippen LogP contribution in [0.1, 0.15) is 65.3 Å². The standard InChI is InChI=1S/C17H25Cl/c1-11-9-12(2)14(4)17(13(11)3)16(18)10-15-7-5-6-8-15/h9,15-16H,5-8,10H2,1-4H3. The minimum atomic E-state index is 0.201. The van der Waals surface area contributed by atoms with Crippen molar-refractivity contribution in [2.75, 3.05) is 0 Å². The summed E-state index contributed by atoms with van der Waals surface area (Å²) >= 11 is 6.74. The zero-order chi connectivity index (χ0) is 13.3. The Hall–Kier alpha value is -0.490. The van der Waals surface area contributed by atoms with Crippen LogP contribution in [0.4, 0.5) is 0 Å². The van der Waals surface area contributed by atoms with Crippen molar-refractivity contribution in [3.05, 3.63) is 33.9 Å². The number of halogens is 1. The molecule has 1 unspecified atom stereocenters. The summed E-state index contributed by atoms with van der Waals surface area (Å²) < 4.78 is 0. The lowest BCUT2D eigenvalue weighted by Gasteiger charge is -2.22. The van der Waals surface area contributed by atoms with Gasteiger partial charge in [0.15, 0.2) is 0 Å². The van der Waals surface area contributed by atoms with Crippen LogP contribution in [0.25, 0.3) is 0 Å². The first-order valence-electron chi connectivity index (χ1n) is 7.22. The van der Waals surface area contributed by atoms with Crippen LogP contribution in [0.5, 0.6) is 0 Å². The predicted molar refractivity (Wildman–Crippen MR) is 80.6 cm³/mol. The highest BCUT2D eigenvalue weighted by Gasteiger charge is 2.23. The third-order valence-corrected chi connectivity index (χ3v) is 5.15. The molecule has 1 aromatic carbocycles. The molecule has 1 fully saturated rings. The normalized spacial score (nSPS) is 18.3. The van der Waals surface area contributed by atoms with Gasteiger partial charge >= 0.3 is 0 Å². The fraction of sp³-hybridized carbons (Fsp3) is 0.647. The summed E-state index contributed by atoms with van der Waals surface area (Å²) in [5.74, 6) is 0.854. The molecule has 0 spiro atoms. The van der Waals surface area contributed by atoms with Gasteiger partial charge in [-0.05, 0) is 67.9 Å². The quantitative estimate of drug-likeness (QED) is 0.607. The van der Waals surface area contributed by atoms with E-state index in [1.54, 1.807) is 0 Å². The van der Waals surface area contributed by atoms with E-state index in [9.17, 15) is 0 Å². The summed E-state index contributed by atoms with van der Waals surface area (Å²) in [4.78, 5) is 0. The summed E-state index contributed by atoms with van der Waals surface area (Å²) in [6, 6.07) is 2.29. The number of aryl methyl sites for hydroxylation is 2. The van der Waals surface area contributed by atoms with E-state index in [1.807, 2.05) is 0 Å². The molecule has 0 N–H and O–H groups in total. The monoisotopic (exact) mass is 264 g/mol. The van der Waals surface area contributed by atoms with Crippen molar-refractivity contribution >= 4 is 11.6 Å². The van der Waals surface area contributed by atoms with Crippen LogP contribution in [0.2, 0.25) is 0 Å². The van der Waals surface area contributed by atoms with E-state index < -0.39 is 0 Å². The van der Waals surface area contributed by atoms with Crippen molar-refractivity contribution < 1.29 is 0 Å². The van der Waals surface area contributed by atoms with Crippen LogP contribution in [0, 0.1) is 33.6 Å². The lowest BCUT2D eigenvalue weighted by atomic mass is 9.88. The Kier molecular flexibility index (Phi) is 4.37. The van der Waals surface area contributed by atoms with Gasteiger partial charge in [-0.25, -0.2) is 0 Å². The maximum absolute atomic E-state index is 6.74. The molecule has 1 aromatic rings. The summed E-state index contributed by atoms with van der Waals surface area (Å²) in [5.41, 5.74) is 6.96. The Balaban J connectivity index is 2.25. The molecule has 18 heavy (non-hydrogen) atoms. The van der Waals surface area contributed by atoms with E-state index >= 15 is 0 Å². The average Bonchev–Trinajstić information content (AvgIpc) is 2.79. The molecule has 1 aliphatic carbocycles. The molecule has 0 radical (unpaired) electrons. The Morgan fingerprint density at radius 1 is 1.06 bits per heavy atom. The van der Waals surface area contributed by atoms with E-state index in [0.29, 0.717) is 0 Å². The molecule has 0 bridgehead atoms. The second-order valence-corrected chi connectivity index (χ2v) is 6.55. The maximum atomic E-state index is 6.74. The van der Waals surface area contributed by atoms with Crippen molar-refractivity contribution in [2.24, 2.45) is 5.92 Å². The number of alkyl halides is 1. The fourth-order valence-electron chi connectivity index (χ4n) is 3.37. The topological polar surface area (TPSA) is 0 Å². The Morgan fingerprint density at radius 2 is 1.56 bits per heavy atom. The van der Waals surface area contributed by atoms with Gasteiger partial charge in [0, 0.05) is 0 Å². The van der Waals surface area contributed by atoms with Crippen LogP contribution in [0.3, 0.4) is 0 Å². The molecule has 0 saturated heterocycles. The smallest absolute Gasteiger partial charge is 0.0593 e. The molecule has 1 saturated carbocycles. The molecular formula is C17H25Cl. The molecule has 1 heteroatoms. The second kappa shape index (κ2) is 5.65. The summed E-state index contributed by atoms with van der Waals surface area (Å²) in [6.45, 7) is 8.84. The van der Waals surface area contributed by atoms with Gasteiger partial charge in [-0.1, -0.05) is 31.7 Å². The average molecular weight is 265 g/mol. The number of benzene rings is 1. The van der Waals surface area contributed by atoms with E-state index in [1.165, 1.54) is 53.5 Å². The van der Waals surface area contributed by atoms with Gasteiger partial charge in [0.25, 0.3) is 0 Å². The minimum absolute atomic E-state index is 0.201. The zero-order valence-electron chi connectivity index (χ0n) is 12.1. The molecule has 1 aliphatic rings. The largest absolute Gasteiger partial charge is 0.118 e. The summed E-state index contributed by atoms with van der Waals surface area (Å²) in [7, 11) is 0. The van der Waals surface area contributed by atoms with Crippen molar-refractivity contribution in [3.63, 3.8) is 0 Å². The maximum Gasteiger partial charge on any atom is 0.0593 e. The first kappa shape index (κ1) is 13.9. The molecule has 2 rings (SSSR count). The van der Waals surface area contributed by atoms with Gasteiger partial charge in [0.1, 0.15) is 0 Å². The highest BCUT2D eigenvalue weighted by atomic mass is 35.5. The predicted octanol–water partition coefficient (Wildman–Crippen LogP) is 5.78. The first-order valence-corrected chi connectivity index (χ1v) is 7.65. The van der Waals surface area contributed by atoms with Crippen molar-refractivity contribution in [2.45, 2.75) is 65.2 Å². The van der Waals surface area contributed by atoms with Crippen LogP contribution in [-0.2, 0) is 0 Å². The molecule has 0 nitrogen and oxygen atoms in total. The van der Waals surface area contributed by atoms with Crippen molar-refractivity contribution in [1.82, 2.24) is 0 Å². The number of hydrogen-bond acceptors (Lipinski definition) is 0. The highest BCUT2D eigenvalue weighted by molar-refractivity contribution is 6.21. The van der Waals surface area contributed by atoms with Crippen LogP contribution >= 0.6 is 11.6 Å². The molecule has 0 aromatic heterocycles. The lowest BCUT2D eigenvalue weighted by molar-refractivity contribution is 0.494. The highest BCUT2D eigenvalue weighted by Crippen LogP contribution is 2.39. The van der Waals surface area contributed by atoms with Gasteiger partial charge < -0.3 is 0 Å². The van der Waals surface area contributed by atoms with Crippen LogP contribution in [0.15, 0.2) is 6.07 Å². The molecule has 100 valence electrons. The molecule has 0 amide bonds. The molecular weight excluding hydrogens is 240 g/mol. The first-order chi connectivity index (χ1) is 8.50. The Bertz CT molecular complexity index is 401. The summed E-state index contributed by atoms with van der Waals surface area (Å²) in [6.07, 6.45) is 6.72. The third kappa shape index (κ3) is 2.74. The van der Waals surface area contributed by atoms with Gasteiger partial charge in [-0.3, -0.25) is 0 Å². The van der Waals surface area contributed by atoms with E-state index in [-0.39, 0.29) is 5.38 Å². The van der Waals surface area contributed by atoms with Gasteiger partial charge in [-0.2, -0.15) is 0 Å². The SMILES string of the molecule is Cc1cc(C)c(C)c(C(Cl)CC2CCCC2)c1C. The van der Waals surface area contributed by atoms with Crippen molar-refractivity contribution in [1.29, 1.82) is 0 Å². The number of rotatable bonds is 3. The van der Waals surface area contributed by atoms with Gasteiger partial charge in [0.05, 0.1) is 5.38 Å². The lowest BCUT2D eigenvalue weighted by Crippen LogP contribution is -2.06. The van der Waals surface area contributed by atoms with E-state index in [2.05, 4.69) is 33.8 Å². The third-order valence-electron chi connectivity index (χ3n) is 4.75. The molecule has 1 atom stereocenters. The number of hydrogen-bond donors (Lipinski definition) is 0. The zero-order valence-corrected chi connectivity index (χ0v) is 12.9. The second-order valence-electron chi connectivity index (χ2n) is 6.03. The van der Waals surface area contributed by atoms with E-state index in [0.717, 1.165) is 12.3 Å². The Morgan fingerprint density at radius 3 is 2.06 bits per heavy atom. The molecule has 0 heterocycles.